The zero-order valence-electron chi connectivity index (χ0n) is 42.3. The quantitative estimate of drug-likeness (QED) is 0.0243. The lowest BCUT2D eigenvalue weighted by Gasteiger charge is -2.25. The van der Waals surface area contributed by atoms with E-state index in [9.17, 15) is 19.4 Å². The molecule has 0 aromatic carbocycles. The van der Waals surface area contributed by atoms with Crippen molar-refractivity contribution in [2.75, 3.05) is 40.9 Å². The van der Waals surface area contributed by atoms with Crippen LogP contribution in [0, 0.1) is 0 Å². The molecular weight excluding hydrogens is 804 g/mol. The lowest BCUT2D eigenvalue weighted by molar-refractivity contribution is -0.870. The summed E-state index contributed by atoms with van der Waals surface area (Å²) in [4.78, 5) is 23.0. The first-order valence-electron chi connectivity index (χ1n) is 26.9. The van der Waals surface area contributed by atoms with Gasteiger partial charge in [0.15, 0.2) is 0 Å². The Morgan fingerprint density at radius 1 is 0.540 bits per heavy atom. The van der Waals surface area contributed by atoms with E-state index in [1.165, 1.54) is 180 Å². The first-order chi connectivity index (χ1) is 30.5. The molecule has 0 aromatic heterocycles. The highest BCUT2D eigenvalue weighted by Crippen LogP contribution is 2.43. The van der Waals surface area contributed by atoms with E-state index in [2.05, 4.69) is 43.5 Å². The Balaban J connectivity index is 3.77. The van der Waals surface area contributed by atoms with Crippen LogP contribution in [0.2, 0.25) is 0 Å². The van der Waals surface area contributed by atoms with E-state index >= 15 is 0 Å². The van der Waals surface area contributed by atoms with E-state index in [0.29, 0.717) is 17.4 Å². The summed E-state index contributed by atoms with van der Waals surface area (Å²) in [6.07, 6.45) is 58.7. The molecule has 0 aliphatic carbocycles. The third-order valence-corrected chi connectivity index (χ3v) is 13.1. The summed E-state index contributed by atoms with van der Waals surface area (Å²) in [6.45, 7) is 4.73. The molecule has 0 rings (SSSR count). The topological polar surface area (TPSA) is 105 Å². The Morgan fingerprint density at radius 2 is 0.905 bits per heavy atom. The number of unbranched alkanes of at least 4 members (excludes halogenated alkanes) is 32. The van der Waals surface area contributed by atoms with Gasteiger partial charge in [-0.05, 0) is 51.4 Å². The van der Waals surface area contributed by atoms with Crippen molar-refractivity contribution in [3.63, 3.8) is 0 Å². The van der Waals surface area contributed by atoms with Gasteiger partial charge in [-0.2, -0.15) is 0 Å². The maximum atomic E-state index is 12.8. The van der Waals surface area contributed by atoms with E-state index in [4.69, 9.17) is 9.05 Å². The van der Waals surface area contributed by atoms with Crippen LogP contribution in [0.4, 0.5) is 0 Å². The second-order valence-electron chi connectivity index (χ2n) is 19.6. The lowest BCUT2D eigenvalue weighted by atomic mass is 10.0. The van der Waals surface area contributed by atoms with Gasteiger partial charge in [0.1, 0.15) is 13.2 Å². The SMILES string of the molecule is CCCCCC/C=C/C(O)C(COP(=O)(O)OCC[N+](C)(C)C)NC(=O)CCCCCCCCCCCCCCCCCCCCCCCCC/C=C\C/C=C\CCCCCCC. The smallest absolute Gasteiger partial charge is 0.387 e. The van der Waals surface area contributed by atoms with Crippen LogP contribution < -0.4 is 5.32 Å². The highest BCUT2D eigenvalue weighted by Gasteiger charge is 2.27. The third-order valence-electron chi connectivity index (χ3n) is 12.1. The summed E-state index contributed by atoms with van der Waals surface area (Å²) >= 11 is 0. The maximum absolute atomic E-state index is 12.8. The Morgan fingerprint density at radius 3 is 1.32 bits per heavy atom. The number of hydrogen-bond acceptors (Lipinski definition) is 5. The summed E-state index contributed by atoms with van der Waals surface area (Å²) in [6, 6.07) is -0.840. The first kappa shape index (κ1) is 61.7. The molecule has 0 heterocycles. The molecule has 0 bridgehead atoms. The zero-order valence-corrected chi connectivity index (χ0v) is 43.2. The molecule has 0 aliphatic heterocycles. The standard InChI is InChI=1S/C54H105N2O6P/c1-6-8-10-12-14-15-16-17-18-19-20-21-22-23-24-25-26-27-28-29-30-31-32-33-34-35-36-37-38-39-40-41-42-44-46-48-54(58)55-52(53(57)47-45-43-13-11-9-7-2)51-62-63(59,60)61-50-49-56(3,4)5/h16-17,19-20,45,47,52-53,57H,6-15,18,21-44,46,48-51H2,1-5H3,(H-,55,58,59,60)/p+1/b17-16-,20-19-,47-45+. The van der Waals surface area contributed by atoms with Crippen LogP contribution >= 0.6 is 7.82 Å². The lowest BCUT2D eigenvalue weighted by Crippen LogP contribution is -2.45. The Kier molecular flexibility index (Phi) is 44.9. The monoisotopic (exact) mass is 910 g/mol. The van der Waals surface area contributed by atoms with E-state index in [-0.39, 0.29) is 19.1 Å². The number of likely N-dealkylation sites (N-methyl/N-ethyl adjacent to an activating group) is 1. The van der Waals surface area contributed by atoms with Crippen molar-refractivity contribution in [2.24, 2.45) is 0 Å². The Labute approximate surface area is 391 Å². The Bertz CT molecular complexity index is 1120. The van der Waals surface area contributed by atoms with Crippen LogP contribution in [0.1, 0.15) is 251 Å². The van der Waals surface area contributed by atoms with Crippen LogP contribution in [0.5, 0.6) is 0 Å². The largest absolute Gasteiger partial charge is 0.472 e. The second kappa shape index (κ2) is 45.9. The van der Waals surface area contributed by atoms with Crippen LogP contribution in [0.15, 0.2) is 36.5 Å². The average molecular weight is 910 g/mol. The summed E-state index contributed by atoms with van der Waals surface area (Å²) in [5.41, 5.74) is 0. The molecule has 8 nitrogen and oxygen atoms in total. The van der Waals surface area contributed by atoms with Gasteiger partial charge < -0.3 is 19.8 Å². The van der Waals surface area contributed by atoms with Crippen molar-refractivity contribution >= 4 is 13.7 Å². The van der Waals surface area contributed by atoms with Gasteiger partial charge in [0.25, 0.3) is 0 Å². The summed E-state index contributed by atoms with van der Waals surface area (Å²) in [5, 5.41) is 13.7. The zero-order chi connectivity index (χ0) is 46.4. The number of carbonyl (C=O) groups excluding carboxylic acids is 1. The van der Waals surface area contributed by atoms with Crippen molar-refractivity contribution in [1.29, 1.82) is 0 Å². The molecule has 0 aliphatic rings. The number of aliphatic hydroxyl groups excluding tert-OH is 1. The van der Waals surface area contributed by atoms with Crippen molar-refractivity contribution in [3.8, 4) is 0 Å². The number of quaternary nitrogens is 1. The number of amides is 1. The molecular formula is C54H106N2O6P+. The van der Waals surface area contributed by atoms with Crippen LogP contribution in [0.3, 0.4) is 0 Å². The predicted molar refractivity (Wildman–Crippen MR) is 272 cm³/mol. The second-order valence-corrected chi connectivity index (χ2v) is 21.1. The Hall–Kier alpha value is -1.28. The van der Waals surface area contributed by atoms with Crippen LogP contribution in [0.25, 0.3) is 0 Å². The molecule has 0 fully saturated rings. The number of nitrogens with zero attached hydrogens (tertiary/aromatic N) is 1. The average Bonchev–Trinajstić information content (AvgIpc) is 3.24. The van der Waals surface area contributed by atoms with Gasteiger partial charge >= 0.3 is 7.82 Å². The number of hydrogen-bond donors (Lipinski definition) is 3. The first-order valence-corrected chi connectivity index (χ1v) is 28.4. The molecule has 9 heteroatoms. The van der Waals surface area contributed by atoms with Gasteiger partial charge in [-0.25, -0.2) is 4.57 Å². The highest BCUT2D eigenvalue weighted by atomic mass is 31.2. The van der Waals surface area contributed by atoms with Gasteiger partial charge in [-0.1, -0.05) is 230 Å². The maximum Gasteiger partial charge on any atom is 0.472 e. The van der Waals surface area contributed by atoms with Crippen molar-refractivity contribution < 1.29 is 32.9 Å². The van der Waals surface area contributed by atoms with Gasteiger partial charge in [0.05, 0.1) is 39.9 Å². The number of allylic oxidation sites excluding steroid dienone is 5. The molecule has 0 saturated heterocycles. The minimum absolute atomic E-state index is 0.0622. The molecule has 3 unspecified atom stereocenters. The number of phosphoric ester groups is 1. The van der Waals surface area contributed by atoms with Crippen LogP contribution in [-0.2, 0) is 18.4 Å². The molecule has 372 valence electrons. The van der Waals surface area contributed by atoms with Crippen molar-refractivity contribution in [1.82, 2.24) is 5.32 Å². The molecule has 1 amide bonds. The normalized spacial score (nSPS) is 14.3. The summed E-state index contributed by atoms with van der Waals surface area (Å²) in [7, 11) is 1.57. The fourth-order valence-corrected chi connectivity index (χ4v) is 8.57. The van der Waals surface area contributed by atoms with Crippen molar-refractivity contribution in [3.05, 3.63) is 36.5 Å². The van der Waals surface area contributed by atoms with E-state index in [1.807, 2.05) is 27.2 Å². The summed E-state index contributed by atoms with van der Waals surface area (Å²) in [5.74, 6) is -0.179. The van der Waals surface area contributed by atoms with Crippen LogP contribution in [-0.4, -0.2) is 73.4 Å². The molecule has 0 saturated carbocycles. The fraction of sp³-hybridized carbons (Fsp3) is 0.870. The van der Waals surface area contributed by atoms with Gasteiger partial charge in [-0.15, -0.1) is 0 Å². The molecule has 3 N–H and O–H groups in total. The molecule has 63 heavy (non-hydrogen) atoms. The number of rotatable bonds is 49. The molecule has 3 atom stereocenters. The predicted octanol–water partition coefficient (Wildman–Crippen LogP) is 15.8. The van der Waals surface area contributed by atoms with E-state index in [1.54, 1.807) is 6.08 Å². The van der Waals surface area contributed by atoms with E-state index in [0.717, 1.165) is 51.4 Å². The van der Waals surface area contributed by atoms with Gasteiger partial charge in [0.2, 0.25) is 5.91 Å². The molecule has 0 radical (unpaired) electrons. The number of aliphatic hydroxyl groups is 1. The minimum Gasteiger partial charge on any atom is -0.387 e. The van der Waals surface area contributed by atoms with Crippen molar-refractivity contribution in [2.45, 2.75) is 264 Å². The highest BCUT2D eigenvalue weighted by molar-refractivity contribution is 7.47. The number of carbonyl (C=O) groups is 1. The molecule has 0 spiro atoms. The fourth-order valence-electron chi connectivity index (χ4n) is 7.84. The molecule has 0 aromatic rings. The number of nitrogens with one attached hydrogen (secondary N) is 1. The van der Waals surface area contributed by atoms with E-state index < -0.39 is 20.0 Å². The summed E-state index contributed by atoms with van der Waals surface area (Å²) < 4.78 is 23.4. The van der Waals surface area contributed by atoms with Gasteiger partial charge in [-0.3, -0.25) is 13.8 Å². The third kappa shape index (κ3) is 48.5. The van der Waals surface area contributed by atoms with Gasteiger partial charge in [0, 0.05) is 6.42 Å². The number of phosphoric acid groups is 1. The minimum atomic E-state index is -4.32.